The Balaban J connectivity index is 2.58. The monoisotopic (exact) mass is 198 g/mol. The molecule has 14 heavy (non-hydrogen) atoms. The first-order valence-electron chi connectivity index (χ1n) is 5.57. The van der Waals surface area contributed by atoms with E-state index in [1.807, 2.05) is 18.7 Å². The summed E-state index contributed by atoms with van der Waals surface area (Å²) in [5.74, 6) is 0.224. The molecule has 1 amide bonds. The van der Waals surface area contributed by atoms with Gasteiger partial charge < -0.3 is 10.6 Å². The lowest BCUT2D eigenvalue weighted by Crippen LogP contribution is -2.45. The molecule has 1 rings (SSSR count). The molecule has 0 bridgehead atoms. The molecule has 82 valence electrons. The molecule has 0 aliphatic carbocycles. The first kappa shape index (κ1) is 11.5. The third kappa shape index (κ3) is 2.71. The van der Waals surface area contributed by atoms with Gasteiger partial charge in [0.15, 0.2) is 0 Å². The Kier molecular flexibility index (Phi) is 3.93. The van der Waals surface area contributed by atoms with Crippen LogP contribution < -0.4 is 5.73 Å². The molecule has 0 saturated carbocycles. The van der Waals surface area contributed by atoms with Gasteiger partial charge >= 0.3 is 0 Å². The SMILES string of the molecule is CC(C)(CN)C(=O)N1CCCCCC1. The molecule has 0 atom stereocenters. The largest absolute Gasteiger partial charge is 0.342 e. The number of carbonyl (C=O) groups excluding carboxylic acids is 1. The van der Waals surface area contributed by atoms with Crippen molar-refractivity contribution in [1.82, 2.24) is 4.90 Å². The summed E-state index contributed by atoms with van der Waals surface area (Å²) in [5.41, 5.74) is 5.22. The van der Waals surface area contributed by atoms with Crippen LogP contribution in [0.2, 0.25) is 0 Å². The number of nitrogens with two attached hydrogens (primary N) is 1. The lowest BCUT2D eigenvalue weighted by atomic mass is 9.92. The minimum Gasteiger partial charge on any atom is -0.342 e. The number of amides is 1. The maximum Gasteiger partial charge on any atom is 0.229 e. The Labute approximate surface area is 86.6 Å². The van der Waals surface area contributed by atoms with Crippen LogP contribution in [0, 0.1) is 5.41 Å². The molecule has 0 aromatic carbocycles. The molecule has 3 nitrogen and oxygen atoms in total. The van der Waals surface area contributed by atoms with Gasteiger partial charge in [-0.25, -0.2) is 0 Å². The summed E-state index contributed by atoms with van der Waals surface area (Å²) >= 11 is 0. The Morgan fingerprint density at radius 1 is 1.21 bits per heavy atom. The summed E-state index contributed by atoms with van der Waals surface area (Å²) < 4.78 is 0. The highest BCUT2D eigenvalue weighted by atomic mass is 16.2. The van der Waals surface area contributed by atoms with Crippen LogP contribution in [0.4, 0.5) is 0 Å². The molecular weight excluding hydrogens is 176 g/mol. The van der Waals surface area contributed by atoms with Crippen molar-refractivity contribution in [3.05, 3.63) is 0 Å². The molecule has 1 saturated heterocycles. The van der Waals surface area contributed by atoms with Gasteiger partial charge in [-0.3, -0.25) is 4.79 Å². The fourth-order valence-corrected chi connectivity index (χ4v) is 1.79. The molecule has 1 aliphatic rings. The summed E-state index contributed by atoms with van der Waals surface area (Å²) in [6, 6.07) is 0. The number of hydrogen-bond acceptors (Lipinski definition) is 2. The molecule has 1 fully saturated rings. The molecule has 3 heteroatoms. The van der Waals surface area contributed by atoms with Gasteiger partial charge in [0, 0.05) is 19.6 Å². The standard InChI is InChI=1S/C11H22N2O/c1-11(2,9-12)10(14)13-7-5-3-4-6-8-13/h3-9,12H2,1-2H3. The maximum atomic E-state index is 12.0. The van der Waals surface area contributed by atoms with Crippen LogP contribution in [0.5, 0.6) is 0 Å². The van der Waals surface area contributed by atoms with Crippen LogP contribution in [-0.2, 0) is 4.79 Å². The second-order valence-electron chi connectivity index (χ2n) is 4.79. The zero-order valence-corrected chi connectivity index (χ0v) is 9.38. The van der Waals surface area contributed by atoms with Gasteiger partial charge in [-0.05, 0) is 26.7 Å². The van der Waals surface area contributed by atoms with E-state index in [9.17, 15) is 4.79 Å². The third-order valence-electron chi connectivity index (χ3n) is 2.98. The van der Waals surface area contributed by atoms with Crippen molar-refractivity contribution in [1.29, 1.82) is 0 Å². The van der Waals surface area contributed by atoms with E-state index in [4.69, 9.17) is 5.73 Å². The van der Waals surface area contributed by atoms with E-state index in [1.165, 1.54) is 12.8 Å². The topological polar surface area (TPSA) is 46.3 Å². The Hall–Kier alpha value is -0.570. The van der Waals surface area contributed by atoms with Gasteiger partial charge in [0.05, 0.1) is 5.41 Å². The highest BCUT2D eigenvalue weighted by Crippen LogP contribution is 2.20. The fourth-order valence-electron chi connectivity index (χ4n) is 1.79. The van der Waals surface area contributed by atoms with E-state index in [1.54, 1.807) is 0 Å². The average Bonchev–Trinajstić information content (AvgIpc) is 2.44. The van der Waals surface area contributed by atoms with Gasteiger partial charge in [-0.2, -0.15) is 0 Å². The summed E-state index contributed by atoms with van der Waals surface area (Å²) in [4.78, 5) is 14.0. The van der Waals surface area contributed by atoms with Crippen LogP contribution in [0.15, 0.2) is 0 Å². The van der Waals surface area contributed by atoms with E-state index < -0.39 is 0 Å². The van der Waals surface area contributed by atoms with Crippen molar-refractivity contribution in [3.63, 3.8) is 0 Å². The van der Waals surface area contributed by atoms with Crippen molar-refractivity contribution >= 4 is 5.91 Å². The van der Waals surface area contributed by atoms with Crippen molar-refractivity contribution in [3.8, 4) is 0 Å². The number of nitrogens with zero attached hydrogens (tertiary/aromatic N) is 1. The Morgan fingerprint density at radius 2 is 1.71 bits per heavy atom. The van der Waals surface area contributed by atoms with E-state index in [0.29, 0.717) is 6.54 Å². The van der Waals surface area contributed by atoms with Crippen LogP contribution >= 0.6 is 0 Å². The molecule has 0 aromatic rings. The van der Waals surface area contributed by atoms with Gasteiger partial charge in [-0.1, -0.05) is 12.8 Å². The van der Waals surface area contributed by atoms with Crippen LogP contribution in [0.1, 0.15) is 39.5 Å². The van der Waals surface area contributed by atoms with Gasteiger partial charge in [0.25, 0.3) is 0 Å². The van der Waals surface area contributed by atoms with E-state index in [2.05, 4.69) is 0 Å². The summed E-state index contributed by atoms with van der Waals surface area (Å²) in [7, 11) is 0. The molecule has 2 N–H and O–H groups in total. The fraction of sp³-hybridized carbons (Fsp3) is 0.909. The van der Waals surface area contributed by atoms with Crippen molar-refractivity contribution in [2.45, 2.75) is 39.5 Å². The Morgan fingerprint density at radius 3 is 2.14 bits per heavy atom. The molecule has 0 spiro atoms. The van der Waals surface area contributed by atoms with Crippen LogP contribution in [0.25, 0.3) is 0 Å². The van der Waals surface area contributed by atoms with Crippen molar-refractivity contribution in [2.24, 2.45) is 11.1 Å². The highest BCUT2D eigenvalue weighted by Gasteiger charge is 2.30. The minimum absolute atomic E-state index is 0.224. The molecule has 0 aromatic heterocycles. The lowest BCUT2D eigenvalue weighted by Gasteiger charge is -2.30. The molecule has 0 unspecified atom stereocenters. The van der Waals surface area contributed by atoms with E-state index >= 15 is 0 Å². The predicted octanol–water partition coefficient (Wildman–Crippen LogP) is 1.37. The van der Waals surface area contributed by atoms with Gasteiger partial charge in [-0.15, -0.1) is 0 Å². The zero-order valence-electron chi connectivity index (χ0n) is 9.38. The molecular formula is C11H22N2O. The van der Waals surface area contributed by atoms with E-state index in [-0.39, 0.29) is 11.3 Å². The molecule has 1 heterocycles. The first-order valence-corrected chi connectivity index (χ1v) is 5.57. The Bertz CT molecular complexity index is 193. The zero-order chi connectivity index (χ0) is 10.6. The molecule has 1 aliphatic heterocycles. The predicted molar refractivity (Wildman–Crippen MR) is 57.9 cm³/mol. The molecule has 0 radical (unpaired) electrons. The maximum absolute atomic E-state index is 12.0. The highest BCUT2D eigenvalue weighted by molar-refractivity contribution is 5.82. The smallest absolute Gasteiger partial charge is 0.229 e. The van der Waals surface area contributed by atoms with E-state index in [0.717, 1.165) is 25.9 Å². The van der Waals surface area contributed by atoms with Gasteiger partial charge in [0.1, 0.15) is 0 Å². The normalized spacial score (nSPS) is 19.2. The second kappa shape index (κ2) is 4.78. The first-order chi connectivity index (χ1) is 6.58. The van der Waals surface area contributed by atoms with Crippen molar-refractivity contribution < 1.29 is 4.79 Å². The third-order valence-corrected chi connectivity index (χ3v) is 2.98. The lowest BCUT2D eigenvalue weighted by molar-refractivity contribution is -0.139. The van der Waals surface area contributed by atoms with Crippen LogP contribution in [0.3, 0.4) is 0 Å². The number of rotatable bonds is 2. The second-order valence-corrected chi connectivity index (χ2v) is 4.79. The summed E-state index contributed by atoms with van der Waals surface area (Å²) in [6.45, 7) is 6.13. The number of carbonyl (C=O) groups is 1. The van der Waals surface area contributed by atoms with Crippen molar-refractivity contribution in [2.75, 3.05) is 19.6 Å². The minimum atomic E-state index is -0.385. The summed E-state index contributed by atoms with van der Waals surface area (Å²) in [5, 5.41) is 0. The van der Waals surface area contributed by atoms with Crippen LogP contribution in [-0.4, -0.2) is 30.4 Å². The number of likely N-dealkylation sites (tertiary alicyclic amines) is 1. The quantitative estimate of drug-likeness (QED) is 0.728. The van der Waals surface area contributed by atoms with Gasteiger partial charge in [0.2, 0.25) is 5.91 Å². The number of hydrogen-bond donors (Lipinski definition) is 1. The summed E-state index contributed by atoms with van der Waals surface area (Å²) in [6.07, 6.45) is 4.80. The average molecular weight is 198 g/mol.